The van der Waals surface area contributed by atoms with E-state index in [2.05, 4.69) is 14.3 Å². The summed E-state index contributed by atoms with van der Waals surface area (Å²) in [6.07, 6.45) is 1.35. The topological polar surface area (TPSA) is 102 Å². The third-order valence-corrected chi connectivity index (χ3v) is 7.89. The summed E-state index contributed by atoms with van der Waals surface area (Å²) in [5, 5.41) is 0. The van der Waals surface area contributed by atoms with Crippen molar-refractivity contribution in [3.8, 4) is 11.6 Å². The maximum atomic E-state index is 13.4. The van der Waals surface area contributed by atoms with Crippen molar-refractivity contribution in [1.29, 1.82) is 0 Å². The average molecular weight is 447 g/mol. The molecule has 0 aliphatic heterocycles. The van der Waals surface area contributed by atoms with Gasteiger partial charge in [-0.2, -0.15) is 13.2 Å². The highest BCUT2D eigenvalue weighted by atomic mass is 32.2. The molecule has 0 spiro atoms. The highest BCUT2D eigenvalue weighted by Crippen LogP contribution is 2.35. The van der Waals surface area contributed by atoms with Gasteiger partial charge in [0.25, 0.3) is 0 Å². The van der Waals surface area contributed by atoms with Gasteiger partial charge in [0.1, 0.15) is 11.2 Å². The Morgan fingerprint density at radius 2 is 1.86 bits per heavy atom. The fourth-order valence-electron chi connectivity index (χ4n) is 2.60. The van der Waals surface area contributed by atoms with Crippen LogP contribution in [0.15, 0.2) is 55.1 Å². The van der Waals surface area contributed by atoms with E-state index in [9.17, 15) is 25.8 Å². The molecule has 12 heteroatoms. The molecule has 0 radical (unpaired) electrons. The zero-order chi connectivity index (χ0) is 21.4. The van der Waals surface area contributed by atoms with E-state index in [0.29, 0.717) is 0 Å². The van der Waals surface area contributed by atoms with Crippen LogP contribution in [0.1, 0.15) is 13.8 Å². The molecule has 0 aliphatic rings. The molecule has 3 rings (SSSR count). The van der Waals surface area contributed by atoms with Crippen molar-refractivity contribution >= 4 is 30.7 Å². The summed E-state index contributed by atoms with van der Waals surface area (Å²) in [7, 11) is -8.33. The van der Waals surface area contributed by atoms with E-state index < -0.39 is 30.0 Å². The van der Waals surface area contributed by atoms with Crippen LogP contribution < -0.4 is 0 Å². The van der Waals surface area contributed by atoms with Crippen molar-refractivity contribution in [1.82, 2.24) is 9.97 Å². The van der Waals surface area contributed by atoms with Crippen LogP contribution in [0.3, 0.4) is 0 Å². The average Bonchev–Trinajstić information content (AvgIpc) is 3.10. The van der Waals surface area contributed by atoms with Gasteiger partial charge in [-0.1, -0.05) is 6.92 Å². The standard InChI is InChI=1S/C17H16F3N3O4S2/c1-3-22-29(26,17(18,19)20)11-7-8-13-12(10-11)23-16(27-13)15-14(6-5-9-21-15)28(24,25)4-2/h5-10H,3-4H2,1-2H3. The molecule has 3 aromatic rings. The van der Waals surface area contributed by atoms with Crippen molar-refractivity contribution in [2.45, 2.75) is 29.1 Å². The van der Waals surface area contributed by atoms with Crippen LogP contribution in [0, 0.1) is 0 Å². The molecule has 2 heterocycles. The Labute approximate surface area is 165 Å². The van der Waals surface area contributed by atoms with Crippen molar-refractivity contribution in [3.63, 3.8) is 0 Å². The molecule has 2 aromatic heterocycles. The molecule has 0 aliphatic carbocycles. The number of rotatable bonds is 5. The highest BCUT2D eigenvalue weighted by molar-refractivity contribution is 7.94. The van der Waals surface area contributed by atoms with Crippen LogP contribution in [0.2, 0.25) is 0 Å². The van der Waals surface area contributed by atoms with Gasteiger partial charge in [0, 0.05) is 12.7 Å². The number of hydrogen-bond acceptors (Lipinski definition) is 7. The number of nitrogens with zero attached hydrogens (tertiary/aromatic N) is 3. The zero-order valence-electron chi connectivity index (χ0n) is 15.3. The second-order valence-corrected chi connectivity index (χ2v) is 10.3. The van der Waals surface area contributed by atoms with Gasteiger partial charge >= 0.3 is 5.51 Å². The maximum absolute atomic E-state index is 13.4. The van der Waals surface area contributed by atoms with Crippen molar-refractivity contribution in [2.75, 3.05) is 12.3 Å². The molecule has 0 bridgehead atoms. The molecular formula is C17H16F3N3O4S2. The van der Waals surface area contributed by atoms with Crippen molar-refractivity contribution in [2.24, 2.45) is 4.36 Å². The Kier molecular flexibility index (Phi) is 5.43. The number of hydrogen-bond donors (Lipinski definition) is 0. The summed E-state index contributed by atoms with van der Waals surface area (Å²) >= 11 is 0. The summed E-state index contributed by atoms with van der Waals surface area (Å²) in [5.41, 5.74) is -5.05. The number of alkyl halides is 3. The smallest absolute Gasteiger partial charge is 0.435 e. The van der Waals surface area contributed by atoms with Gasteiger partial charge in [0.15, 0.2) is 25.1 Å². The quantitative estimate of drug-likeness (QED) is 0.585. The number of sulfone groups is 1. The van der Waals surface area contributed by atoms with E-state index >= 15 is 0 Å². The minimum Gasteiger partial charge on any atom is -0.435 e. The van der Waals surface area contributed by atoms with Gasteiger partial charge in [0.2, 0.25) is 5.89 Å². The first-order valence-electron chi connectivity index (χ1n) is 8.41. The predicted molar refractivity (Wildman–Crippen MR) is 100 cm³/mol. The number of pyridine rings is 1. The lowest BCUT2D eigenvalue weighted by Crippen LogP contribution is -2.23. The maximum Gasteiger partial charge on any atom is 0.483 e. The fourth-order valence-corrected chi connectivity index (χ4v) is 5.08. The van der Waals surface area contributed by atoms with Crippen molar-refractivity contribution in [3.05, 3.63) is 36.5 Å². The number of benzene rings is 1. The number of fused-ring (bicyclic) bond motifs is 1. The molecule has 1 aromatic carbocycles. The Morgan fingerprint density at radius 3 is 2.48 bits per heavy atom. The van der Waals surface area contributed by atoms with E-state index in [4.69, 9.17) is 4.42 Å². The molecule has 0 fully saturated rings. The molecule has 29 heavy (non-hydrogen) atoms. The molecular weight excluding hydrogens is 431 g/mol. The third-order valence-electron chi connectivity index (χ3n) is 3.99. The van der Waals surface area contributed by atoms with E-state index in [1.165, 1.54) is 38.2 Å². The Morgan fingerprint density at radius 1 is 1.14 bits per heavy atom. The summed E-state index contributed by atoms with van der Waals surface area (Å²) in [5.74, 6) is -0.349. The number of aromatic nitrogens is 2. The molecule has 7 nitrogen and oxygen atoms in total. The van der Waals surface area contributed by atoms with Crippen LogP contribution in [0.5, 0.6) is 0 Å². The highest BCUT2D eigenvalue weighted by Gasteiger charge is 2.44. The van der Waals surface area contributed by atoms with Gasteiger partial charge in [-0.15, -0.1) is 0 Å². The van der Waals surface area contributed by atoms with Crippen LogP contribution in [0.25, 0.3) is 22.7 Å². The third kappa shape index (κ3) is 3.73. The van der Waals surface area contributed by atoms with Crippen LogP contribution in [-0.4, -0.2) is 40.4 Å². The number of oxazole rings is 1. The van der Waals surface area contributed by atoms with Crippen LogP contribution in [-0.2, 0) is 19.6 Å². The van der Waals surface area contributed by atoms with Crippen LogP contribution >= 0.6 is 0 Å². The fraction of sp³-hybridized carbons (Fsp3) is 0.294. The van der Waals surface area contributed by atoms with E-state index in [1.807, 2.05) is 0 Å². The summed E-state index contributed by atoms with van der Waals surface area (Å²) in [6, 6.07) is 5.97. The first kappa shape index (κ1) is 21.2. The van der Waals surface area contributed by atoms with Gasteiger partial charge in [-0.25, -0.2) is 27.0 Å². The summed E-state index contributed by atoms with van der Waals surface area (Å²) < 4.78 is 86.0. The van der Waals surface area contributed by atoms with Gasteiger partial charge in [-0.3, -0.25) is 0 Å². The van der Waals surface area contributed by atoms with E-state index in [0.717, 1.165) is 12.1 Å². The zero-order valence-corrected chi connectivity index (χ0v) is 16.9. The monoisotopic (exact) mass is 447 g/mol. The van der Waals surface area contributed by atoms with E-state index in [-0.39, 0.29) is 39.9 Å². The predicted octanol–water partition coefficient (Wildman–Crippen LogP) is 4.05. The lowest BCUT2D eigenvalue weighted by atomic mass is 10.3. The van der Waals surface area contributed by atoms with E-state index in [1.54, 1.807) is 0 Å². The lowest BCUT2D eigenvalue weighted by molar-refractivity contribution is -0.0403. The molecule has 1 atom stereocenters. The Bertz CT molecular complexity index is 1290. The minimum absolute atomic E-state index is 0.0220. The molecule has 0 amide bonds. The first-order valence-corrected chi connectivity index (χ1v) is 11.6. The Balaban J connectivity index is 2.21. The second-order valence-electron chi connectivity index (χ2n) is 5.82. The SMILES string of the molecule is CCN=S(=O)(c1ccc2oc(-c3ncccc3S(=O)(=O)CC)nc2c1)C(F)(F)F. The second kappa shape index (κ2) is 7.41. The lowest BCUT2D eigenvalue weighted by Gasteiger charge is -2.13. The molecule has 156 valence electrons. The van der Waals surface area contributed by atoms with Crippen LogP contribution in [0.4, 0.5) is 13.2 Å². The van der Waals surface area contributed by atoms with Gasteiger partial charge in [-0.05, 0) is 37.3 Å². The summed E-state index contributed by atoms with van der Waals surface area (Å²) in [4.78, 5) is 7.43. The van der Waals surface area contributed by atoms with Gasteiger partial charge < -0.3 is 4.42 Å². The molecule has 0 N–H and O–H groups in total. The number of halogens is 3. The minimum atomic E-state index is -5.06. The largest absolute Gasteiger partial charge is 0.483 e. The first-order chi connectivity index (χ1) is 13.5. The Hall–Kier alpha value is -2.47. The molecule has 1 unspecified atom stereocenters. The summed E-state index contributed by atoms with van der Waals surface area (Å²) in [6.45, 7) is 2.54. The molecule has 0 saturated heterocycles. The van der Waals surface area contributed by atoms with Crippen molar-refractivity contribution < 1.29 is 30.2 Å². The normalized spacial score (nSPS) is 14.7. The molecule has 0 saturated carbocycles. The van der Waals surface area contributed by atoms with Gasteiger partial charge in [0.05, 0.1) is 15.5 Å².